The second kappa shape index (κ2) is 10.9. The van der Waals surface area contributed by atoms with Crippen molar-refractivity contribution in [2.75, 3.05) is 7.11 Å². The smallest absolute Gasteiger partial charge is 0.269 e. The lowest BCUT2D eigenvalue weighted by Gasteiger charge is -2.19. The lowest BCUT2D eigenvalue weighted by Crippen LogP contribution is -2.30. The predicted octanol–water partition coefficient (Wildman–Crippen LogP) is 4.60. The Morgan fingerprint density at radius 3 is 2.21 bits per heavy atom. The number of rotatable bonds is 10. The first-order valence-electron chi connectivity index (χ1n) is 10.4. The fourth-order valence-corrected chi connectivity index (χ4v) is 4.43. The van der Waals surface area contributed by atoms with Crippen LogP contribution in [0.1, 0.15) is 29.2 Å². The molecule has 176 valence electrons. The van der Waals surface area contributed by atoms with Crippen LogP contribution < -0.4 is 9.46 Å². The highest BCUT2D eigenvalue weighted by Gasteiger charge is 2.23. The second-order valence-corrected chi connectivity index (χ2v) is 9.33. The Morgan fingerprint density at radius 1 is 1.03 bits per heavy atom. The zero-order valence-electron chi connectivity index (χ0n) is 18.7. The van der Waals surface area contributed by atoms with Gasteiger partial charge in [-0.15, -0.1) is 0 Å². The summed E-state index contributed by atoms with van der Waals surface area (Å²) in [6.45, 7) is 1.86. The van der Waals surface area contributed by atoms with Gasteiger partial charge in [0.25, 0.3) is 5.69 Å². The van der Waals surface area contributed by atoms with Crippen LogP contribution in [-0.4, -0.2) is 26.2 Å². The van der Waals surface area contributed by atoms with Crippen LogP contribution >= 0.6 is 0 Å². The summed E-state index contributed by atoms with van der Waals surface area (Å²) in [7, 11) is -2.36. The molecule has 1 N–H and O–H groups in total. The van der Waals surface area contributed by atoms with Crippen molar-refractivity contribution in [1.82, 2.24) is 4.72 Å². The van der Waals surface area contributed by atoms with Crippen LogP contribution in [-0.2, 0) is 14.8 Å². The van der Waals surface area contributed by atoms with Gasteiger partial charge in [-0.1, -0.05) is 35.9 Å². The summed E-state index contributed by atoms with van der Waals surface area (Å²) in [5, 5.41) is 10.8. The van der Waals surface area contributed by atoms with Crippen LogP contribution in [0.15, 0.2) is 83.8 Å². The Kier molecular flexibility index (Phi) is 7.93. The van der Waals surface area contributed by atoms with Crippen LogP contribution in [0.4, 0.5) is 5.69 Å². The molecule has 0 spiro atoms. The normalized spacial score (nSPS) is 12.4. The quantitative estimate of drug-likeness (QED) is 0.257. The highest BCUT2D eigenvalue weighted by Crippen LogP contribution is 2.24. The van der Waals surface area contributed by atoms with Gasteiger partial charge in [0.05, 0.1) is 23.0 Å². The van der Waals surface area contributed by atoms with Gasteiger partial charge in [-0.3, -0.25) is 14.9 Å². The van der Waals surface area contributed by atoms with Crippen molar-refractivity contribution in [1.29, 1.82) is 0 Å². The number of sulfonamides is 1. The van der Waals surface area contributed by atoms with E-state index in [1.807, 2.05) is 6.92 Å². The molecule has 34 heavy (non-hydrogen) atoms. The molecule has 1 unspecified atom stereocenters. The Balaban J connectivity index is 1.82. The molecule has 3 aromatic rings. The number of hydrogen-bond acceptors (Lipinski definition) is 6. The van der Waals surface area contributed by atoms with Gasteiger partial charge in [-0.05, 0) is 60.5 Å². The third kappa shape index (κ3) is 6.60. The molecular weight excluding hydrogens is 456 g/mol. The topological polar surface area (TPSA) is 116 Å². The zero-order chi connectivity index (χ0) is 24.7. The van der Waals surface area contributed by atoms with Gasteiger partial charge in [0.2, 0.25) is 10.0 Å². The first kappa shape index (κ1) is 24.8. The number of nitrogens with zero attached hydrogens (tertiary/aromatic N) is 1. The molecule has 3 aromatic carbocycles. The van der Waals surface area contributed by atoms with Crippen molar-refractivity contribution < 1.29 is 22.9 Å². The molecule has 0 bridgehead atoms. The van der Waals surface area contributed by atoms with Crippen molar-refractivity contribution in [3.8, 4) is 5.75 Å². The van der Waals surface area contributed by atoms with E-state index in [-0.39, 0.29) is 22.8 Å². The minimum Gasteiger partial charge on any atom is -0.497 e. The average molecular weight is 481 g/mol. The molecule has 0 amide bonds. The van der Waals surface area contributed by atoms with Gasteiger partial charge in [0.15, 0.2) is 5.78 Å². The molecule has 0 aromatic heterocycles. The molecule has 0 saturated heterocycles. The number of nitro groups is 1. The molecule has 3 rings (SSSR count). The maximum Gasteiger partial charge on any atom is 0.269 e. The van der Waals surface area contributed by atoms with Gasteiger partial charge in [0.1, 0.15) is 5.75 Å². The SMILES string of the molecule is COc1ccc(C(CC(=O)/C=C/c2ccc([N+](=O)[O-])cc2)NS(=O)(=O)c2ccc(C)cc2)cc1. The van der Waals surface area contributed by atoms with Gasteiger partial charge in [0, 0.05) is 18.6 Å². The third-order valence-electron chi connectivity index (χ3n) is 5.12. The van der Waals surface area contributed by atoms with Crippen LogP contribution in [0.5, 0.6) is 5.75 Å². The van der Waals surface area contributed by atoms with E-state index in [2.05, 4.69) is 4.72 Å². The molecule has 0 aliphatic carbocycles. The monoisotopic (exact) mass is 480 g/mol. The van der Waals surface area contributed by atoms with E-state index in [0.717, 1.165) is 5.56 Å². The summed E-state index contributed by atoms with van der Waals surface area (Å²) in [5.41, 5.74) is 2.10. The number of aryl methyl sites for hydroxylation is 1. The van der Waals surface area contributed by atoms with Crippen molar-refractivity contribution in [2.24, 2.45) is 0 Å². The number of methoxy groups -OCH3 is 1. The fourth-order valence-electron chi connectivity index (χ4n) is 3.20. The molecule has 0 heterocycles. The summed E-state index contributed by atoms with van der Waals surface area (Å²) in [5.74, 6) is 0.291. The Hall–Kier alpha value is -3.82. The number of ketones is 1. The molecule has 1 atom stereocenters. The average Bonchev–Trinajstić information content (AvgIpc) is 2.83. The third-order valence-corrected chi connectivity index (χ3v) is 6.61. The maximum absolute atomic E-state index is 13.0. The number of hydrogen-bond donors (Lipinski definition) is 1. The van der Waals surface area contributed by atoms with Crippen LogP contribution in [0.2, 0.25) is 0 Å². The van der Waals surface area contributed by atoms with E-state index in [1.165, 1.54) is 55.7 Å². The Bertz CT molecular complexity index is 1280. The highest BCUT2D eigenvalue weighted by molar-refractivity contribution is 7.89. The van der Waals surface area contributed by atoms with Crippen LogP contribution in [0.3, 0.4) is 0 Å². The number of allylic oxidation sites excluding steroid dienone is 1. The van der Waals surface area contributed by atoms with Crippen molar-refractivity contribution in [2.45, 2.75) is 24.3 Å². The molecule has 0 saturated carbocycles. The van der Waals surface area contributed by atoms with Gasteiger partial charge in [-0.25, -0.2) is 13.1 Å². The van der Waals surface area contributed by atoms with E-state index in [9.17, 15) is 23.3 Å². The maximum atomic E-state index is 13.0. The first-order chi connectivity index (χ1) is 16.2. The number of non-ortho nitro benzene ring substituents is 1. The first-order valence-corrected chi connectivity index (χ1v) is 11.8. The molecule has 0 radical (unpaired) electrons. The number of ether oxygens (including phenoxy) is 1. The highest BCUT2D eigenvalue weighted by atomic mass is 32.2. The van der Waals surface area contributed by atoms with E-state index >= 15 is 0 Å². The van der Waals surface area contributed by atoms with Crippen molar-refractivity contribution in [3.63, 3.8) is 0 Å². The van der Waals surface area contributed by atoms with E-state index in [1.54, 1.807) is 36.4 Å². The molecule has 8 nitrogen and oxygen atoms in total. The molecule has 0 fully saturated rings. The predicted molar refractivity (Wildman–Crippen MR) is 129 cm³/mol. The van der Waals surface area contributed by atoms with Crippen LogP contribution in [0.25, 0.3) is 6.08 Å². The van der Waals surface area contributed by atoms with Crippen LogP contribution in [0, 0.1) is 17.0 Å². The Labute approximate surface area is 198 Å². The number of nitrogens with one attached hydrogen (secondary N) is 1. The summed E-state index contributed by atoms with van der Waals surface area (Å²) in [6.07, 6.45) is 2.74. The number of nitro benzene ring substituents is 1. The summed E-state index contributed by atoms with van der Waals surface area (Å²) in [4.78, 5) is 23.1. The lowest BCUT2D eigenvalue weighted by molar-refractivity contribution is -0.384. The number of benzene rings is 3. The summed E-state index contributed by atoms with van der Waals surface area (Å²) < 4.78 is 33.8. The van der Waals surface area contributed by atoms with E-state index < -0.39 is 21.0 Å². The van der Waals surface area contributed by atoms with E-state index in [4.69, 9.17) is 4.74 Å². The molecule has 9 heteroatoms. The summed E-state index contributed by atoms with van der Waals surface area (Å²) in [6, 6.07) is 18.2. The fraction of sp³-hybridized carbons (Fsp3) is 0.160. The van der Waals surface area contributed by atoms with E-state index in [0.29, 0.717) is 16.9 Å². The molecule has 0 aliphatic heterocycles. The minimum atomic E-state index is -3.89. The lowest BCUT2D eigenvalue weighted by atomic mass is 10.0. The van der Waals surface area contributed by atoms with Gasteiger partial charge >= 0.3 is 0 Å². The minimum absolute atomic E-state index is 0.0476. The van der Waals surface area contributed by atoms with Gasteiger partial charge < -0.3 is 4.74 Å². The standard InChI is InChI=1S/C25H24N2O6S/c1-18-3-15-24(16-4-18)34(31,32)26-25(20-8-13-23(33-2)14-9-20)17-22(28)12-7-19-5-10-21(11-6-19)27(29)30/h3-16,25-26H,17H2,1-2H3/b12-7+. The zero-order valence-corrected chi connectivity index (χ0v) is 19.5. The van der Waals surface area contributed by atoms with Crippen molar-refractivity contribution in [3.05, 3.63) is 106 Å². The van der Waals surface area contributed by atoms with Crippen molar-refractivity contribution >= 4 is 27.6 Å². The molecular formula is C25H24N2O6S. The largest absolute Gasteiger partial charge is 0.497 e. The Morgan fingerprint density at radius 2 is 1.65 bits per heavy atom. The number of carbonyl (C=O) groups is 1. The second-order valence-electron chi connectivity index (χ2n) is 7.61. The van der Waals surface area contributed by atoms with Gasteiger partial charge in [-0.2, -0.15) is 0 Å². The number of carbonyl (C=O) groups excluding carboxylic acids is 1. The molecule has 0 aliphatic rings. The summed E-state index contributed by atoms with van der Waals surface area (Å²) >= 11 is 0.